The molecule has 134 valence electrons. The molecule has 0 saturated heterocycles. The molecule has 0 aliphatic rings. The zero-order chi connectivity index (χ0) is 21.8. The Hall–Kier alpha value is -1.47. The maximum absolute atomic E-state index is 6.54. The van der Waals surface area contributed by atoms with Crippen LogP contribution in [0.2, 0.25) is 5.02 Å². The molecule has 0 amide bonds. The fraction of sp³-hybridized carbons (Fsp3) is 0.0526. The minimum atomic E-state index is 0.786. The van der Waals surface area contributed by atoms with Crippen LogP contribution in [0.15, 0.2) is 18.2 Å². The van der Waals surface area contributed by atoms with Crippen LogP contribution in [0.4, 0.5) is 0 Å². The highest BCUT2D eigenvalue weighted by molar-refractivity contribution is 6.69. The molecule has 29 heavy (non-hydrogen) atoms. The van der Waals surface area contributed by atoms with Crippen molar-refractivity contribution in [1.82, 2.24) is 0 Å². The monoisotopic (exact) mass is 386 g/mol. The van der Waals surface area contributed by atoms with E-state index in [1.807, 2.05) is 6.07 Å². The van der Waals surface area contributed by atoms with Crippen molar-refractivity contribution in [2.24, 2.45) is 0 Å². The van der Waals surface area contributed by atoms with Crippen LogP contribution < -0.4 is 49.2 Å². The van der Waals surface area contributed by atoms with Crippen molar-refractivity contribution < 1.29 is 0 Å². The van der Waals surface area contributed by atoms with Gasteiger partial charge in [0.25, 0.3) is 0 Å². The van der Waals surface area contributed by atoms with Gasteiger partial charge in [-0.25, -0.2) is 0 Å². The van der Waals surface area contributed by atoms with Crippen LogP contribution in [-0.4, -0.2) is 70.6 Å². The van der Waals surface area contributed by atoms with E-state index in [1.54, 1.807) is 0 Å². The Balaban J connectivity index is 2.50. The Morgan fingerprint density at radius 1 is 0.517 bits per heavy atom. The van der Waals surface area contributed by atoms with E-state index in [1.165, 1.54) is 77.0 Å². The highest BCUT2D eigenvalue weighted by Crippen LogP contribution is 2.30. The van der Waals surface area contributed by atoms with Crippen LogP contribution in [-0.2, 0) is 0 Å². The van der Waals surface area contributed by atoms with E-state index in [4.69, 9.17) is 11.6 Å². The number of rotatable bonds is 2. The molecule has 0 radical (unpaired) electrons. The minimum absolute atomic E-state index is 0.786. The Labute approximate surface area is 189 Å². The third-order valence-corrected chi connectivity index (χ3v) is 7.76. The summed E-state index contributed by atoms with van der Waals surface area (Å²) in [5.74, 6) is 0. The Morgan fingerprint density at radius 2 is 0.931 bits per heavy atom. The second-order valence-corrected chi connectivity index (χ2v) is 9.13. The van der Waals surface area contributed by atoms with E-state index in [9.17, 15) is 0 Å². The summed E-state index contributed by atoms with van der Waals surface area (Å²) in [5.41, 5.74) is 18.9. The predicted octanol–water partition coefficient (Wildman–Crippen LogP) is -9.69. The van der Waals surface area contributed by atoms with Crippen molar-refractivity contribution in [3.8, 4) is 22.3 Å². The van der Waals surface area contributed by atoms with Gasteiger partial charge >= 0.3 is 0 Å². The van der Waals surface area contributed by atoms with E-state index in [0.717, 1.165) is 5.02 Å². The first-order chi connectivity index (χ1) is 13.5. The average Bonchev–Trinajstić information content (AvgIpc) is 2.69. The summed E-state index contributed by atoms with van der Waals surface area (Å²) < 4.78 is 0. The molecule has 0 aliphatic carbocycles. The number of hydrogen-bond acceptors (Lipinski definition) is 0. The fourth-order valence-electron chi connectivity index (χ4n) is 4.75. The molecule has 0 nitrogen and oxygen atoms in total. The molecular weight excluding hydrogens is 361 g/mol. The van der Waals surface area contributed by atoms with Crippen molar-refractivity contribution >= 4 is 131 Å². The molecule has 0 atom stereocenters. The first kappa shape index (κ1) is 22.2. The van der Waals surface area contributed by atoms with E-state index >= 15 is 0 Å². The highest BCUT2D eigenvalue weighted by Gasteiger charge is 2.20. The summed E-state index contributed by atoms with van der Waals surface area (Å²) in [6.07, 6.45) is 0. The third-order valence-electron chi connectivity index (χ3n) is 7.52. The van der Waals surface area contributed by atoms with Gasteiger partial charge in [0, 0.05) is 5.02 Å². The van der Waals surface area contributed by atoms with E-state index in [-0.39, 0.29) is 0 Å². The largest absolute Gasteiger partial charge is 0.140 e. The second kappa shape index (κ2) is 7.99. The lowest BCUT2D eigenvalue weighted by Gasteiger charge is -2.25. The smallest absolute Gasteiger partial charge is 0.102 e. The molecule has 0 fully saturated rings. The molecule has 0 aromatic heterocycles. The van der Waals surface area contributed by atoms with Gasteiger partial charge in [0.05, 0.1) is 0 Å². The molecule has 0 aliphatic heterocycles. The maximum Gasteiger partial charge on any atom is 0.140 e. The molecule has 0 N–H and O–H groups in total. The normalized spacial score (nSPS) is 11.0. The number of hydrogen-bond donors (Lipinski definition) is 0. The van der Waals surface area contributed by atoms with Crippen molar-refractivity contribution in [2.45, 2.75) is 6.92 Å². The van der Waals surface area contributed by atoms with Crippen LogP contribution in [0.3, 0.4) is 0 Å². The van der Waals surface area contributed by atoms with Crippen LogP contribution in [0.1, 0.15) is 5.56 Å². The average molecular weight is 385 g/mol. The molecular formula is C19H24B9Cl. The summed E-state index contributed by atoms with van der Waals surface area (Å²) in [6.45, 7) is 2.24. The summed E-state index contributed by atoms with van der Waals surface area (Å²) >= 11 is 6.54. The lowest BCUT2D eigenvalue weighted by molar-refractivity contribution is 1.57. The molecule has 0 heterocycles. The van der Waals surface area contributed by atoms with E-state index < -0.39 is 0 Å². The predicted molar refractivity (Wildman–Crippen MR) is 161 cm³/mol. The SMILES string of the molecule is Bc1c(B)c(B)c(-c2ccc(Cl)cc2-c2c(B)c(B)c(B)c(C)c2B)c(B)c1B. The summed E-state index contributed by atoms with van der Waals surface area (Å²) in [7, 11) is 20.2. The first-order valence-corrected chi connectivity index (χ1v) is 10.8. The highest BCUT2D eigenvalue weighted by atomic mass is 35.5. The molecule has 3 aromatic carbocycles. The van der Waals surface area contributed by atoms with Gasteiger partial charge in [-0.1, -0.05) is 50.5 Å². The van der Waals surface area contributed by atoms with Crippen LogP contribution in [0.5, 0.6) is 0 Å². The maximum atomic E-state index is 6.54. The molecule has 0 bridgehead atoms. The van der Waals surface area contributed by atoms with Gasteiger partial charge in [-0.3, -0.25) is 0 Å². The van der Waals surface area contributed by atoms with Gasteiger partial charge in [-0.2, -0.15) is 0 Å². The van der Waals surface area contributed by atoms with Crippen molar-refractivity contribution in [3.05, 3.63) is 28.8 Å². The van der Waals surface area contributed by atoms with Crippen molar-refractivity contribution in [1.29, 1.82) is 0 Å². The van der Waals surface area contributed by atoms with E-state index in [0.29, 0.717) is 0 Å². The lowest BCUT2D eigenvalue weighted by Crippen LogP contribution is -2.55. The zero-order valence-electron chi connectivity index (χ0n) is 19.6. The standard InChI is InChI=1S/C19H24B9Cl/c1-5-11(20)10(15(24)16(25)12(5)21)8-4-6(29)2-3-7(8)9-13(22)17(26)19(28)18(27)14(9)23/h2-4H,20-28H2,1H3. The lowest BCUT2D eigenvalue weighted by atomic mass is 9.59. The van der Waals surface area contributed by atoms with Crippen molar-refractivity contribution in [2.75, 3.05) is 0 Å². The number of halogens is 1. The Morgan fingerprint density at radius 3 is 1.45 bits per heavy atom. The quantitative estimate of drug-likeness (QED) is 0.385. The molecule has 0 unspecified atom stereocenters. The summed E-state index contributed by atoms with van der Waals surface area (Å²) in [5, 5.41) is 0.786. The topological polar surface area (TPSA) is 0 Å². The van der Waals surface area contributed by atoms with Gasteiger partial charge in [-0.15, -0.1) is 21.9 Å². The molecule has 10 heteroatoms. The Kier molecular flexibility index (Phi) is 6.12. The Bertz CT molecular complexity index is 1110. The number of benzene rings is 3. The fourth-order valence-corrected chi connectivity index (χ4v) is 4.92. The van der Waals surface area contributed by atoms with Crippen LogP contribution >= 0.6 is 11.6 Å². The van der Waals surface area contributed by atoms with Gasteiger partial charge in [0.15, 0.2) is 0 Å². The zero-order valence-corrected chi connectivity index (χ0v) is 20.4. The third kappa shape index (κ3) is 3.50. The first-order valence-electron chi connectivity index (χ1n) is 10.4. The van der Waals surface area contributed by atoms with Crippen molar-refractivity contribution in [3.63, 3.8) is 0 Å². The summed E-state index contributed by atoms with van der Waals surface area (Å²) in [6, 6.07) is 6.40. The molecule has 0 spiro atoms. The molecule has 0 saturated carbocycles. The van der Waals surface area contributed by atoms with E-state index in [2.05, 4.69) is 89.7 Å². The summed E-state index contributed by atoms with van der Waals surface area (Å²) in [4.78, 5) is 0. The molecule has 3 aromatic rings. The van der Waals surface area contributed by atoms with Gasteiger partial charge < -0.3 is 0 Å². The van der Waals surface area contributed by atoms with Crippen LogP contribution in [0, 0.1) is 6.92 Å². The van der Waals surface area contributed by atoms with Gasteiger partial charge in [0.2, 0.25) is 0 Å². The van der Waals surface area contributed by atoms with Crippen LogP contribution in [0.25, 0.3) is 22.3 Å². The molecule has 3 rings (SSSR count). The second-order valence-electron chi connectivity index (χ2n) is 8.69. The van der Waals surface area contributed by atoms with Gasteiger partial charge in [0.1, 0.15) is 70.6 Å². The minimum Gasteiger partial charge on any atom is -0.102 e. The van der Waals surface area contributed by atoms with Gasteiger partial charge in [-0.05, 0) is 41.3 Å².